The van der Waals surface area contributed by atoms with Gasteiger partial charge in [-0.05, 0) is 49.9 Å². The normalized spacial score (nSPS) is 18.1. The van der Waals surface area contributed by atoms with Gasteiger partial charge in [0.2, 0.25) is 0 Å². The lowest BCUT2D eigenvalue weighted by molar-refractivity contribution is -0.135. The third-order valence-electron chi connectivity index (χ3n) is 5.77. The van der Waals surface area contributed by atoms with Crippen LogP contribution < -0.4 is 5.32 Å². The standard InChI is InChI=1S/C23H22N6O4/c30-14-32-17-6-4-16(5-7-17)29-13-19(22(28-29)18-3-1-2-10-24-18)27-23(31)21-9-8-20(33-21)15-11-25-26-12-15/h1-3,8-14,16-17H,4-7H2,(H,25,26)(H,27,31)/t16-,17-. The Morgan fingerprint density at radius 1 is 1.21 bits per heavy atom. The maximum absolute atomic E-state index is 12.9. The van der Waals surface area contributed by atoms with E-state index in [9.17, 15) is 9.59 Å². The van der Waals surface area contributed by atoms with Crippen molar-refractivity contribution in [3.8, 4) is 22.7 Å². The lowest BCUT2D eigenvalue weighted by Gasteiger charge is -2.27. The Morgan fingerprint density at radius 3 is 2.82 bits per heavy atom. The lowest BCUT2D eigenvalue weighted by atomic mass is 9.93. The van der Waals surface area contributed by atoms with Crippen molar-refractivity contribution < 1.29 is 18.7 Å². The van der Waals surface area contributed by atoms with Crippen LogP contribution in [0.25, 0.3) is 22.7 Å². The number of aromatic nitrogens is 5. The Hall–Kier alpha value is -4.21. The number of pyridine rings is 1. The van der Waals surface area contributed by atoms with E-state index in [1.54, 1.807) is 30.7 Å². The average Bonchev–Trinajstić information content (AvgIpc) is 3.61. The molecule has 0 atom stereocenters. The second-order valence-electron chi connectivity index (χ2n) is 7.85. The van der Waals surface area contributed by atoms with E-state index in [1.165, 1.54) is 0 Å². The van der Waals surface area contributed by atoms with Gasteiger partial charge in [-0.2, -0.15) is 10.2 Å². The fourth-order valence-electron chi connectivity index (χ4n) is 4.07. The van der Waals surface area contributed by atoms with Crippen molar-refractivity contribution in [2.45, 2.75) is 37.8 Å². The third kappa shape index (κ3) is 4.40. The molecule has 0 saturated heterocycles. The number of furan rings is 1. The molecule has 33 heavy (non-hydrogen) atoms. The van der Waals surface area contributed by atoms with Crippen LogP contribution in [0.2, 0.25) is 0 Å². The van der Waals surface area contributed by atoms with Gasteiger partial charge in [-0.25, -0.2) is 0 Å². The summed E-state index contributed by atoms with van der Waals surface area (Å²) in [5.74, 6) is 0.339. The maximum Gasteiger partial charge on any atom is 0.293 e. The Labute approximate surface area is 189 Å². The molecule has 4 heterocycles. The molecule has 2 N–H and O–H groups in total. The number of H-pyrrole nitrogens is 1. The summed E-state index contributed by atoms with van der Waals surface area (Å²) in [5, 5.41) is 14.3. The van der Waals surface area contributed by atoms with Crippen LogP contribution in [-0.2, 0) is 9.53 Å². The van der Waals surface area contributed by atoms with Gasteiger partial charge < -0.3 is 14.5 Å². The molecule has 10 nitrogen and oxygen atoms in total. The van der Waals surface area contributed by atoms with Gasteiger partial charge in [0, 0.05) is 18.6 Å². The summed E-state index contributed by atoms with van der Waals surface area (Å²) < 4.78 is 12.7. The summed E-state index contributed by atoms with van der Waals surface area (Å²) in [4.78, 5) is 28.0. The van der Waals surface area contributed by atoms with Crippen molar-refractivity contribution >= 4 is 18.1 Å². The molecular weight excluding hydrogens is 424 g/mol. The summed E-state index contributed by atoms with van der Waals surface area (Å²) in [7, 11) is 0. The van der Waals surface area contributed by atoms with Gasteiger partial charge in [-0.15, -0.1) is 0 Å². The zero-order valence-corrected chi connectivity index (χ0v) is 17.7. The first-order chi connectivity index (χ1) is 16.2. The van der Waals surface area contributed by atoms with Crippen LogP contribution in [0, 0.1) is 0 Å². The quantitative estimate of drug-likeness (QED) is 0.413. The number of carbonyl (C=O) groups is 2. The van der Waals surface area contributed by atoms with Crippen LogP contribution in [0.15, 0.2) is 59.5 Å². The molecule has 0 spiro atoms. The number of anilines is 1. The predicted octanol–water partition coefficient (Wildman–Crippen LogP) is 3.84. The van der Waals surface area contributed by atoms with E-state index in [-0.39, 0.29) is 23.8 Å². The average molecular weight is 446 g/mol. The lowest BCUT2D eigenvalue weighted by Crippen LogP contribution is -2.23. The first kappa shape index (κ1) is 20.7. The van der Waals surface area contributed by atoms with Gasteiger partial charge in [-0.1, -0.05) is 6.07 Å². The number of aromatic amines is 1. The second-order valence-corrected chi connectivity index (χ2v) is 7.85. The number of carbonyl (C=O) groups excluding carboxylic acids is 2. The topological polar surface area (TPSA) is 128 Å². The molecule has 5 rings (SSSR count). The monoisotopic (exact) mass is 446 g/mol. The molecule has 4 aromatic heterocycles. The van der Waals surface area contributed by atoms with Crippen molar-refractivity contribution in [3.63, 3.8) is 0 Å². The van der Waals surface area contributed by atoms with E-state index in [2.05, 4.69) is 20.5 Å². The molecule has 1 amide bonds. The number of ether oxygens (including phenoxy) is 1. The van der Waals surface area contributed by atoms with Gasteiger partial charge in [-0.3, -0.25) is 24.4 Å². The number of nitrogens with zero attached hydrogens (tertiary/aromatic N) is 4. The van der Waals surface area contributed by atoms with E-state index in [1.807, 2.05) is 29.1 Å². The summed E-state index contributed by atoms with van der Waals surface area (Å²) >= 11 is 0. The van der Waals surface area contributed by atoms with Crippen LogP contribution in [0.3, 0.4) is 0 Å². The second kappa shape index (κ2) is 9.11. The van der Waals surface area contributed by atoms with Gasteiger partial charge >= 0.3 is 0 Å². The van der Waals surface area contributed by atoms with Crippen LogP contribution in [0.5, 0.6) is 0 Å². The summed E-state index contributed by atoms with van der Waals surface area (Å²) in [6.07, 6.45) is 9.96. The zero-order valence-electron chi connectivity index (χ0n) is 17.7. The Balaban J connectivity index is 1.39. The molecule has 1 saturated carbocycles. The van der Waals surface area contributed by atoms with E-state index >= 15 is 0 Å². The SMILES string of the molecule is O=CO[C@H]1CC[C@H](n2cc(NC(=O)c3ccc(-c4cn[nH]c4)o3)c(-c3ccccn3)n2)CC1. The minimum atomic E-state index is -0.385. The predicted molar refractivity (Wildman–Crippen MR) is 118 cm³/mol. The Bertz CT molecular complexity index is 1220. The first-order valence-corrected chi connectivity index (χ1v) is 10.7. The molecule has 0 aromatic carbocycles. The zero-order chi connectivity index (χ0) is 22.6. The van der Waals surface area contributed by atoms with Gasteiger partial charge in [0.25, 0.3) is 12.4 Å². The smallest absolute Gasteiger partial charge is 0.293 e. The van der Waals surface area contributed by atoms with Crippen LogP contribution in [0.4, 0.5) is 5.69 Å². The van der Waals surface area contributed by atoms with Crippen molar-refractivity contribution in [2.24, 2.45) is 0 Å². The van der Waals surface area contributed by atoms with Crippen molar-refractivity contribution in [1.82, 2.24) is 25.0 Å². The van der Waals surface area contributed by atoms with E-state index < -0.39 is 0 Å². The molecular formula is C23H22N6O4. The molecule has 1 aliphatic rings. The number of rotatable bonds is 7. The first-order valence-electron chi connectivity index (χ1n) is 10.7. The fraction of sp³-hybridized carbons (Fsp3) is 0.261. The Kier molecular flexibility index (Phi) is 5.71. The number of hydrogen-bond donors (Lipinski definition) is 2. The Morgan fingerprint density at radius 2 is 2.09 bits per heavy atom. The highest BCUT2D eigenvalue weighted by molar-refractivity contribution is 6.04. The highest BCUT2D eigenvalue weighted by atomic mass is 16.5. The largest absolute Gasteiger partial charge is 0.465 e. The summed E-state index contributed by atoms with van der Waals surface area (Å²) in [5.41, 5.74) is 2.54. The van der Waals surface area contributed by atoms with Crippen LogP contribution in [0.1, 0.15) is 42.3 Å². The van der Waals surface area contributed by atoms with Gasteiger partial charge in [0.05, 0.1) is 29.2 Å². The van der Waals surface area contributed by atoms with Crippen molar-refractivity contribution in [2.75, 3.05) is 5.32 Å². The van der Waals surface area contributed by atoms with E-state index in [0.717, 1.165) is 31.2 Å². The molecule has 168 valence electrons. The van der Waals surface area contributed by atoms with Crippen LogP contribution in [-0.4, -0.2) is 43.4 Å². The summed E-state index contributed by atoms with van der Waals surface area (Å²) in [6, 6.07) is 9.04. The molecule has 0 radical (unpaired) electrons. The molecule has 10 heteroatoms. The fourth-order valence-corrected chi connectivity index (χ4v) is 4.07. The van der Waals surface area contributed by atoms with Gasteiger partial charge in [0.1, 0.15) is 17.6 Å². The molecule has 1 fully saturated rings. The minimum Gasteiger partial charge on any atom is -0.465 e. The van der Waals surface area contributed by atoms with Crippen molar-refractivity contribution in [1.29, 1.82) is 0 Å². The van der Waals surface area contributed by atoms with Crippen molar-refractivity contribution in [3.05, 3.63) is 60.9 Å². The molecule has 0 unspecified atom stereocenters. The van der Waals surface area contributed by atoms with Crippen LogP contribution >= 0.6 is 0 Å². The van der Waals surface area contributed by atoms with E-state index in [0.29, 0.717) is 29.3 Å². The molecule has 0 bridgehead atoms. The third-order valence-corrected chi connectivity index (χ3v) is 5.77. The number of amides is 1. The van der Waals surface area contributed by atoms with E-state index in [4.69, 9.17) is 14.3 Å². The number of nitrogens with one attached hydrogen (secondary N) is 2. The highest BCUT2D eigenvalue weighted by Gasteiger charge is 2.26. The molecule has 0 aliphatic heterocycles. The number of hydrogen-bond acceptors (Lipinski definition) is 7. The summed E-state index contributed by atoms with van der Waals surface area (Å²) in [6.45, 7) is 0.512. The maximum atomic E-state index is 12.9. The molecule has 1 aliphatic carbocycles. The minimum absolute atomic E-state index is 0.0490. The van der Waals surface area contributed by atoms with Gasteiger partial charge in [0.15, 0.2) is 5.76 Å². The molecule has 4 aromatic rings. The highest BCUT2D eigenvalue weighted by Crippen LogP contribution is 2.33.